The quantitative estimate of drug-likeness (QED) is 0.457. The summed E-state index contributed by atoms with van der Waals surface area (Å²) in [5, 5.41) is 0. The minimum absolute atomic E-state index is 0.182. The smallest absolute Gasteiger partial charge is 0.219 e. The molecule has 0 spiro atoms. The molecule has 160 valence electrons. The van der Waals surface area contributed by atoms with Gasteiger partial charge in [0.2, 0.25) is 5.91 Å². The molecule has 1 saturated heterocycles. The van der Waals surface area contributed by atoms with Crippen LogP contribution in [0.15, 0.2) is 72.8 Å². The van der Waals surface area contributed by atoms with Gasteiger partial charge in [0.1, 0.15) is 5.75 Å². The summed E-state index contributed by atoms with van der Waals surface area (Å²) < 4.78 is 5.39. The van der Waals surface area contributed by atoms with Crippen LogP contribution in [0.4, 0.5) is 0 Å². The van der Waals surface area contributed by atoms with Crippen LogP contribution in [-0.4, -0.2) is 49.0 Å². The fourth-order valence-corrected chi connectivity index (χ4v) is 4.33. The minimum Gasteiger partial charge on any atom is -0.495 e. The van der Waals surface area contributed by atoms with E-state index in [4.69, 9.17) is 4.74 Å². The van der Waals surface area contributed by atoms with Crippen LogP contribution in [0.25, 0.3) is 22.3 Å². The molecule has 3 aliphatic rings. The lowest BCUT2D eigenvalue weighted by atomic mass is 10.0. The average molecular weight is 415 g/mol. The number of carbonyl (C=O) groups excluding carboxylic acids is 1. The molecule has 2 aromatic rings. The van der Waals surface area contributed by atoms with Crippen LogP contribution in [0.3, 0.4) is 0 Å². The first-order chi connectivity index (χ1) is 15.1. The van der Waals surface area contributed by atoms with Crippen molar-refractivity contribution < 1.29 is 9.53 Å². The first-order valence-electron chi connectivity index (χ1n) is 10.9. The lowest BCUT2D eigenvalue weighted by Crippen LogP contribution is -2.49. The van der Waals surface area contributed by atoms with Crippen molar-refractivity contribution in [1.82, 2.24) is 9.80 Å². The molecule has 1 heterocycles. The van der Waals surface area contributed by atoms with E-state index in [1.165, 1.54) is 27.8 Å². The van der Waals surface area contributed by atoms with E-state index in [0.717, 1.165) is 31.9 Å². The third-order valence-electron chi connectivity index (χ3n) is 6.13. The van der Waals surface area contributed by atoms with E-state index in [1.807, 2.05) is 29.2 Å². The highest BCUT2D eigenvalue weighted by Crippen LogP contribution is 2.50. The molecule has 0 radical (unpaired) electrons. The number of fused-ring (bicyclic) bond motifs is 1. The second-order valence-electron chi connectivity index (χ2n) is 7.99. The lowest BCUT2D eigenvalue weighted by molar-refractivity contribution is -0.131. The number of rotatable bonds is 4. The van der Waals surface area contributed by atoms with Crippen molar-refractivity contribution in [2.24, 2.45) is 0 Å². The van der Waals surface area contributed by atoms with Gasteiger partial charge in [-0.3, -0.25) is 9.69 Å². The maximum absolute atomic E-state index is 11.5. The Labute approximate surface area is 185 Å². The topological polar surface area (TPSA) is 32.8 Å². The second kappa shape index (κ2) is 9.36. The molecule has 0 saturated carbocycles. The van der Waals surface area contributed by atoms with Gasteiger partial charge in [-0.2, -0.15) is 0 Å². The Hall–Kier alpha value is -3.11. The summed E-state index contributed by atoms with van der Waals surface area (Å²) in [4.78, 5) is 15.9. The number of carbonyl (C=O) groups is 1. The predicted molar refractivity (Wildman–Crippen MR) is 126 cm³/mol. The van der Waals surface area contributed by atoms with Crippen molar-refractivity contribution >= 4 is 5.91 Å². The van der Waals surface area contributed by atoms with E-state index in [-0.39, 0.29) is 5.91 Å². The molecule has 0 bridgehead atoms. The van der Waals surface area contributed by atoms with Gasteiger partial charge in [-0.1, -0.05) is 67.6 Å². The summed E-state index contributed by atoms with van der Waals surface area (Å²) in [6.45, 7) is 7.50. The molecule has 1 atom stereocenters. The molecule has 5 rings (SSSR count). The van der Waals surface area contributed by atoms with Gasteiger partial charge in [0.15, 0.2) is 0 Å². The number of amides is 1. The zero-order valence-electron chi connectivity index (χ0n) is 18.5. The van der Waals surface area contributed by atoms with Crippen molar-refractivity contribution in [3.05, 3.63) is 78.4 Å². The number of methoxy groups -OCH3 is 1. The van der Waals surface area contributed by atoms with E-state index in [2.05, 4.69) is 60.4 Å². The SMILES string of the molecule is CCN1CCN(C(C)=O)CC1c1ccccc1.COc1c(-c2ccccc2)cc2cc1-2. The standard InChI is InChI=1S/C14H20N2O.C13H10O/c1-3-15-9-10-16(12(2)17)11-14(15)13-7-5-4-6-8-13;1-14-13-11(7-10-8-12(10)13)9-5-3-2-4-6-9/h4-8,14H,3,9-11H2,1-2H3;2-8H,1H3. The van der Waals surface area contributed by atoms with Gasteiger partial charge in [0.05, 0.1) is 13.2 Å². The van der Waals surface area contributed by atoms with Crippen molar-refractivity contribution in [3.63, 3.8) is 0 Å². The number of nitrogens with zero attached hydrogens (tertiary/aromatic N) is 2. The minimum atomic E-state index is 0.182. The van der Waals surface area contributed by atoms with E-state index >= 15 is 0 Å². The molecule has 1 amide bonds. The molecule has 0 aromatic heterocycles. The summed E-state index contributed by atoms with van der Waals surface area (Å²) in [6.07, 6.45) is 0. The first kappa shape index (κ1) is 21.1. The zero-order valence-corrected chi connectivity index (χ0v) is 18.5. The number of piperazine rings is 1. The van der Waals surface area contributed by atoms with Crippen molar-refractivity contribution in [2.45, 2.75) is 19.9 Å². The molecule has 4 nitrogen and oxygen atoms in total. The third-order valence-corrected chi connectivity index (χ3v) is 6.13. The highest BCUT2D eigenvalue weighted by Gasteiger charge is 2.28. The van der Waals surface area contributed by atoms with Crippen LogP contribution in [0.5, 0.6) is 5.75 Å². The maximum atomic E-state index is 11.5. The van der Waals surface area contributed by atoms with E-state index < -0.39 is 0 Å². The molecule has 2 aliphatic carbocycles. The van der Waals surface area contributed by atoms with Gasteiger partial charge in [0, 0.05) is 37.7 Å². The van der Waals surface area contributed by atoms with Gasteiger partial charge in [-0.15, -0.1) is 0 Å². The highest BCUT2D eigenvalue weighted by atomic mass is 16.5. The van der Waals surface area contributed by atoms with Crippen molar-refractivity contribution in [2.75, 3.05) is 33.3 Å². The molecule has 2 aromatic carbocycles. The van der Waals surface area contributed by atoms with E-state index in [1.54, 1.807) is 14.0 Å². The molecule has 1 fully saturated rings. The second-order valence-corrected chi connectivity index (χ2v) is 7.99. The molecular formula is C27H30N2O2. The Kier molecular flexibility index (Phi) is 6.38. The fourth-order valence-electron chi connectivity index (χ4n) is 4.33. The normalized spacial score (nSPS) is 16.9. The maximum Gasteiger partial charge on any atom is 0.219 e. The Morgan fingerprint density at radius 1 is 0.935 bits per heavy atom. The van der Waals surface area contributed by atoms with E-state index in [9.17, 15) is 4.79 Å². The Morgan fingerprint density at radius 2 is 1.55 bits per heavy atom. The largest absolute Gasteiger partial charge is 0.495 e. The number of hydrogen-bond donors (Lipinski definition) is 0. The summed E-state index contributed by atoms with van der Waals surface area (Å²) in [5.41, 5.74) is 6.33. The number of ether oxygens (including phenoxy) is 1. The first-order valence-corrected chi connectivity index (χ1v) is 10.9. The number of benzene rings is 3. The van der Waals surface area contributed by atoms with E-state index in [0.29, 0.717) is 6.04 Å². The van der Waals surface area contributed by atoms with Crippen LogP contribution >= 0.6 is 0 Å². The van der Waals surface area contributed by atoms with Gasteiger partial charge < -0.3 is 9.64 Å². The lowest BCUT2D eigenvalue weighted by Gasteiger charge is -2.41. The molecule has 1 aliphatic heterocycles. The summed E-state index contributed by atoms with van der Waals surface area (Å²) in [5.74, 6) is 1.20. The van der Waals surface area contributed by atoms with Crippen molar-refractivity contribution in [3.8, 4) is 28.0 Å². The Bertz CT molecular complexity index is 1030. The number of likely N-dealkylation sites (N-methyl/N-ethyl adjacent to an activating group) is 1. The van der Waals surface area contributed by atoms with Crippen LogP contribution in [0.1, 0.15) is 25.5 Å². The Morgan fingerprint density at radius 3 is 2.13 bits per heavy atom. The Balaban J connectivity index is 0.000000151. The molecule has 31 heavy (non-hydrogen) atoms. The van der Waals surface area contributed by atoms with Crippen LogP contribution in [-0.2, 0) is 4.79 Å². The van der Waals surface area contributed by atoms with Gasteiger partial charge in [0.25, 0.3) is 0 Å². The monoisotopic (exact) mass is 414 g/mol. The van der Waals surface area contributed by atoms with Gasteiger partial charge >= 0.3 is 0 Å². The van der Waals surface area contributed by atoms with Gasteiger partial charge in [-0.25, -0.2) is 0 Å². The predicted octanol–water partition coefficient (Wildman–Crippen LogP) is 5.25. The molecule has 1 unspecified atom stereocenters. The van der Waals surface area contributed by atoms with Crippen LogP contribution in [0.2, 0.25) is 0 Å². The summed E-state index contributed by atoms with van der Waals surface area (Å²) in [6, 6.07) is 25.5. The van der Waals surface area contributed by atoms with Crippen LogP contribution < -0.4 is 4.74 Å². The summed E-state index contributed by atoms with van der Waals surface area (Å²) in [7, 11) is 1.73. The fraction of sp³-hybridized carbons (Fsp3) is 0.296. The molecule has 0 N–H and O–H groups in total. The third kappa shape index (κ3) is 4.64. The average Bonchev–Trinajstić information content (AvgIpc) is 3.50. The molecule has 4 heteroatoms. The van der Waals surface area contributed by atoms with Crippen LogP contribution in [0, 0.1) is 0 Å². The van der Waals surface area contributed by atoms with Crippen molar-refractivity contribution in [1.29, 1.82) is 0 Å². The molecular weight excluding hydrogens is 384 g/mol. The van der Waals surface area contributed by atoms with Gasteiger partial charge in [-0.05, 0) is 35.4 Å². The highest BCUT2D eigenvalue weighted by molar-refractivity contribution is 5.97. The zero-order chi connectivity index (χ0) is 21.8. The summed E-state index contributed by atoms with van der Waals surface area (Å²) >= 11 is 0. The number of hydrogen-bond acceptors (Lipinski definition) is 3.